The zero-order valence-electron chi connectivity index (χ0n) is 18.1. The zero-order valence-corrected chi connectivity index (χ0v) is 12.1. The molecule has 2 bridgehead atoms. The van der Waals surface area contributed by atoms with Crippen LogP contribution in [0.5, 0.6) is 0 Å². The molecule has 1 aromatic rings. The maximum absolute atomic E-state index is 12.5. The fourth-order valence-corrected chi connectivity index (χ4v) is 3.73. The predicted octanol–water partition coefficient (Wildman–Crippen LogP) is 2.95. The van der Waals surface area contributed by atoms with Gasteiger partial charge >= 0.3 is 0 Å². The van der Waals surface area contributed by atoms with Gasteiger partial charge in [-0.15, -0.1) is 0 Å². The summed E-state index contributed by atoms with van der Waals surface area (Å²) in [6.45, 7) is -4.82. The van der Waals surface area contributed by atoms with Crippen molar-refractivity contribution < 1.29 is 13.0 Å². The first-order chi connectivity index (χ1) is 12.6. The van der Waals surface area contributed by atoms with Crippen LogP contribution >= 0.6 is 0 Å². The van der Waals surface area contributed by atoms with Gasteiger partial charge in [0, 0.05) is 38.8 Å². The molecule has 0 aromatic heterocycles. The lowest BCUT2D eigenvalue weighted by atomic mass is 9.96. The summed E-state index contributed by atoms with van der Waals surface area (Å²) in [6, 6.07) is 10.7. The maximum Gasteiger partial charge on any atom is 0.222 e. The largest absolute Gasteiger partial charge is 0.353 e. The highest BCUT2D eigenvalue weighted by molar-refractivity contribution is 5.78. The molecule has 1 N–H and O–H groups in total. The van der Waals surface area contributed by atoms with Crippen molar-refractivity contribution in [3.05, 3.63) is 35.9 Å². The Morgan fingerprint density at radius 3 is 2.57 bits per heavy atom. The van der Waals surface area contributed by atoms with E-state index in [4.69, 9.17) is 8.22 Å². The fourth-order valence-electron chi connectivity index (χ4n) is 3.73. The number of rotatable bonds is 4. The van der Waals surface area contributed by atoms with Crippen molar-refractivity contribution in [1.82, 2.24) is 10.2 Å². The first-order valence-corrected chi connectivity index (χ1v) is 7.66. The normalized spacial score (nSPS) is 34.2. The average Bonchev–Trinajstić information content (AvgIpc) is 2.75. The van der Waals surface area contributed by atoms with E-state index in [-0.39, 0.29) is 6.04 Å². The van der Waals surface area contributed by atoms with E-state index in [0.717, 1.165) is 32.2 Å². The lowest BCUT2D eigenvalue weighted by Crippen LogP contribution is -2.50. The van der Waals surface area contributed by atoms with Gasteiger partial charge < -0.3 is 5.32 Å². The molecule has 2 aliphatic rings. The molecule has 114 valence electrons. The van der Waals surface area contributed by atoms with Crippen LogP contribution in [0.25, 0.3) is 0 Å². The molecule has 21 heavy (non-hydrogen) atoms. The fraction of sp³-hybridized carbons (Fsp3) is 0.611. The molecule has 2 atom stereocenters. The average molecular weight is 292 g/mol. The van der Waals surface area contributed by atoms with E-state index in [1.165, 1.54) is 5.56 Å². The minimum Gasteiger partial charge on any atom is -0.353 e. The van der Waals surface area contributed by atoms with Crippen molar-refractivity contribution in [3.8, 4) is 0 Å². The number of benzene rings is 1. The summed E-state index contributed by atoms with van der Waals surface area (Å²) in [5.41, 5.74) is 1.25. The number of nitrogens with zero attached hydrogens (tertiary/aromatic N) is 1. The molecule has 1 amide bonds. The highest BCUT2D eigenvalue weighted by Gasteiger charge is 2.40. The molecular formula is C18H26N2O. The number of fused-ring (bicyclic) bond motifs is 2. The molecule has 2 heterocycles. The number of carbonyl (C=O) groups is 1. The van der Waals surface area contributed by atoms with Gasteiger partial charge in [-0.1, -0.05) is 44.0 Å². The molecule has 0 saturated carbocycles. The van der Waals surface area contributed by atoms with Crippen LogP contribution in [0.4, 0.5) is 0 Å². The van der Waals surface area contributed by atoms with Crippen LogP contribution in [0.2, 0.25) is 0 Å². The third-order valence-electron chi connectivity index (χ3n) is 4.70. The molecule has 2 fully saturated rings. The van der Waals surface area contributed by atoms with E-state index in [2.05, 4.69) is 22.3 Å². The minimum absolute atomic E-state index is 0.172. The predicted molar refractivity (Wildman–Crippen MR) is 84.8 cm³/mol. The first-order valence-electron chi connectivity index (χ1n) is 10.7. The van der Waals surface area contributed by atoms with E-state index in [0.29, 0.717) is 12.1 Å². The van der Waals surface area contributed by atoms with Gasteiger partial charge in [0.05, 0.1) is 0 Å². The summed E-state index contributed by atoms with van der Waals surface area (Å²) in [4.78, 5) is 14.9. The quantitative estimate of drug-likeness (QED) is 0.925. The van der Waals surface area contributed by atoms with Crippen LogP contribution in [0.1, 0.15) is 53.2 Å². The highest BCUT2D eigenvalue weighted by atomic mass is 16.1. The number of amides is 1. The van der Waals surface area contributed by atoms with Crippen LogP contribution < -0.4 is 5.32 Å². The molecule has 2 aliphatic heterocycles. The van der Waals surface area contributed by atoms with E-state index in [9.17, 15) is 4.79 Å². The Balaban J connectivity index is 1.63. The topological polar surface area (TPSA) is 32.3 Å². The number of hydrogen-bond acceptors (Lipinski definition) is 2. The number of carbonyl (C=O) groups excluding carboxylic acids is 1. The van der Waals surface area contributed by atoms with Gasteiger partial charge in [-0.25, -0.2) is 0 Å². The Morgan fingerprint density at radius 1 is 1.29 bits per heavy atom. The highest BCUT2D eigenvalue weighted by Crippen LogP contribution is 2.36. The van der Waals surface area contributed by atoms with E-state index in [1.807, 2.05) is 18.2 Å². The Labute approximate surface area is 136 Å². The van der Waals surface area contributed by atoms with Gasteiger partial charge in [0.1, 0.15) is 0 Å². The molecule has 2 unspecified atom stereocenters. The summed E-state index contributed by atoms with van der Waals surface area (Å²) >= 11 is 0. The summed E-state index contributed by atoms with van der Waals surface area (Å²) < 4.78 is 44.7. The van der Waals surface area contributed by atoms with Crippen LogP contribution in [0.3, 0.4) is 0 Å². The lowest BCUT2D eigenvalue weighted by molar-refractivity contribution is -0.125. The Bertz CT molecular complexity index is 632. The standard InChI is InChI=1S/C18H26N2O/c1-13(2)18(21)19-15-10-16-8-9-17(11-15)20(16)12-14-6-4-3-5-7-14/h3-7,13,15-17H,8-12H2,1-2H3,(H,19,21)/i1D3,2D3. The van der Waals surface area contributed by atoms with Gasteiger partial charge in [-0.05, 0) is 31.2 Å². The Kier molecular flexibility index (Phi) is 2.63. The number of hydrogen-bond donors (Lipinski definition) is 1. The van der Waals surface area contributed by atoms with Crippen LogP contribution in [0, 0.1) is 5.92 Å². The molecule has 3 rings (SSSR count). The van der Waals surface area contributed by atoms with Crippen molar-refractivity contribution in [2.24, 2.45) is 5.92 Å². The van der Waals surface area contributed by atoms with E-state index < -0.39 is 25.5 Å². The minimum atomic E-state index is -2.84. The van der Waals surface area contributed by atoms with Gasteiger partial charge in [0.2, 0.25) is 5.91 Å². The van der Waals surface area contributed by atoms with Crippen LogP contribution in [-0.4, -0.2) is 28.9 Å². The van der Waals surface area contributed by atoms with Gasteiger partial charge in [-0.2, -0.15) is 0 Å². The SMILES string of the molecule is [2H]C([2H])([2H])C(C(=O)NC1CC2CCC(C1)N2Cc1ccccc1)C([2H])([2H])[2H]. The molecule has 3 nitrogen and oxygen atoms in total. The third-order valence-corrected chi connectivity index (χ3v) is 4.70. The second kappa shape index (κ2) is 6.18. The molecule has 0 spiro atoms. The van der Waals surface area contributed by atoms with E-state index >= 15 is 0 Å². The first kappa shape index (κ1) is 8.94. The van der Waals surface area contributed by atoms with Crippen LogP contribution in [-0.2, 0) is 11.3 Å². The van der Waals surface area contributed by atoms with Crippen molar-refractivity contribution in [1.29, 1.82) is 0 Å². The van der Waals surface area contributed by atoms with Crippen molar-refractivity contribution in [2.75, 3.05) is 0 Å². The zero-order chi connectivity index (χ0) is 19.8. The Hall–Kier alpha value is -1.35. The van der Waals surface area contributed by atoms with Gasteiger partial charge in [-0.3, -0.25) is 9.69 Å². The molecular weight excluding hydrogens is 260 g/mol. The summed E-state index contributed by atoms with van der Waals surface area (Å²) in [5, 5.41) is 2.73. The maximum atomic E-state index is 12.5. The molecule has 2 saturated heterocycles. The summed E-state index contributed by atoms with van der Waals surface area (Å²) in [7, 11) is 0. The second-order valence-corrected chi connectivity index (χ2v) is 6.15. The van der Waals surface area contributed by atoms with Crippen molar-refractivity contribution >= 4 is 5.91 Å². The summed E-state index contributed by atoms with van der Waals surface area (Å²) in [6.07, 6.45) is 3.55. The lowest BCUT2D eigenvalue weighted by Gasteiger charge is -2.39. The number of nitrogens with one attached hydrogen (secondary N) is 1. The molecule has 3 heteroatoms. The Morgan fingerprint density at radius 2 is 1.95 bits per heavy atom. The smallest absolute Gasteiger partial charge is 0.222 e. The second-order valence-electron chi connectivity index (χ2n) is 6.15. The molecule has 0 aliphatic carbocycles. The monoisotopic (exact) mass is 292 g/mol. The number of piperidine rings is 1. The summed E-state index contributed by atoms with van der Waals surface area (Å²) in [5.74, 6) is -2.86. The van der Waals surface area contributed by atoms with Gasteiger partial charge in [0.15, 0.2) is 0 Å². The third kappa shape index (κ3) is 3.29. The molecule has 0 radical (unpaired) electrons. The van der Waals surface area contributed by atoms with Crippen LogP contribution in [0.15, 0.2) is 30.3 Å². The van der Waals surface area contributed by atoms with E-state index in [1.54, 1.807) is 0 Å². The van der Waals surface area contributed by atoms with Crippen molar-refractivity contribution in [3.63, 3.8) is 0 Å². The van der Waals surface area contributed by atoms with Crippen molar-refractivity contribution in [2.45, 2.75) is 64.1 Å². The van der Waals surface area contributed by atoms with Gasteiger partial charge in [0.25, 0.3) is 0 Å². The molecule has 1 aromatic carbocycles.